The molecule has 0 spiro atoms. The van der Waals surface area contributed by atoms with Gasteiger partial charge in [0.15, 0.2) is 0 Å². The molecule has 116 valence electrons. The van der Waals surface area contributed by atoms with Crippen LogP contribution in [-0.2, 0) is 12.0 Å². The van der Waals surface area contributed by atoms with Gasteiger partial charge in [-0.1, -0.05) is 60.2 Å². The summed E-state index contributed by atoms with van der Waals surface area (Å²) >= 11 is 0. The number of pyridine rings is 1. The van der Waals surface area contributed by atoms with Crippen molar-refractivity contribution < 1.29 is 5.11 Å². The normalized spacial score (nSPS) is 13.5. The van der Waals surface area contributed by atoms with E-state index in [1.807, 2.05) is 73.8 Å². The lowest BCUT2D eigenvalue weighted by molar-refractivity contribution is 0.0809. The molecule has 1 heterocycles. The number of hydrogen-bond donors (Lipinski definition) is 1. The maximum Gasteiger partial charge on any atom is 0.119 e. The molecule has 2 aromatic carbocycles. The second kappa shape index (κ2) is 6.35. The summed E-state index contributed by atoms with van der Waals surface area (Å²) in [6.07, 6.45) is 4.15. The Kier molecular flexibility index (Phi) is 4.26. The molecule has 3 aromatic rings. The van der Waals surface area contributed by atoms with E-state index in [-0.39, 0.29) is 0 Å². The molecule has 0 saturated carbocycles. The summed E-state index contributed by atoms with van der Waals surface area (Å²) in [5, 5.41) is 11.6. The van der Waals surface area contributed by atoms with Gasteiger partial charge in [-0.15, -0.1) is 0 Å². The van der Waals surface area contributed by atoms with E-state index in [9.17, 15) is 5.11 Å². The zero-order chi connectivity index (χ0) is 16.3. The Bertz CT molecular complexity index is 780. The zero-order valence-electron chi connectivity index (χ0n) is 13.5. The van der Waals surface area contributed by atoms with Crippen LogP contribution < -0.4 is 0 Å². The molecule has 0 radical (unpaired) electrons. The molecule has 1 unspecified atom stereocenters. The van der Waals surface area contributed by atoms with Crippen LogP contribution in [0.5, 0.6) is 0 Å². The van der Waals surface area contributed by atoms with Crippen LogP contribution in [0.3, 0.4) is 0 Å². The topological polar surface area (TPSA) is 33.1 Å². The van der Waals surface area contributed by atoms with Crippen LogP contribution in [0.1, 0.15) is 27.8 Å². The van der Waals surface area contributed by atoms with Crippen molar-refractivity contribution in [1.82, 2.24) is 4.98 Å². The summed E-state index contributed by atoms with van der Waals surface area (Å²) in [5.74, 6) is 0. The van der Waals surface area contributed by atoms with E-state index >= 15 is 0 Å². The minimum Gasteiger partial charge on any atom is -0.380 e. The lowest BCUT2D eigenvalue weighted by atomic mass is 9.80. The van der Waals surface area contributed by atoms with Crippen molar-refractivity contribution in [2.75, 3.05) is 0 Å². The van der Waals surface area contributed by atoms with Crippen molar-refractivity contribution in [3.05, 3.63) is 101 Å². The highest BCUT2D eigenvalue weighted by Crippen LogP contribution is 2.34. The fourth-order valence-corrected chi connectivity index (χ4v) is 2.89. The molecule has 1 N–H and O–H groups in total. The van der Waals surface area contributed by atoms with Crippen LogP contribution in [0.15, 0.2) is 73.1 Å². The maximum atomic E-state index is 11.6. The highest BCUT2D eigenvalue weighted by atomic mass is 16.3. The Labute approximate surface area is 137 Å². The quantitative estimate of drug-likeness (QED) is 0.784. The van der Waals surface area contributed by atoms with E-state index in [4.69, 9.17) is 0 Å². The van der Waals surface area contributed by atoms with Crippen LogP contribution in [0.2, 0.25) is 0 Å². The fraction of sp³-hybridized carbons (Fsp3) is 0.190. The highest BCUT2D eigenvalue weighted by molar-refractivity contribution is 5.40. The van der Waals surface area contributed by atoms with Crippen LogP contribution in [0.25, 0.3) is 0 Å². The molecule has 23 heavy (non-hydrogen) atoms. The van der Waals surface area contributed by atoms with E-state index in [1.165, 1.54) is 5.56 Å². The molecule has 0 amide bonds. The van der Waals surface area contributed by atoms with Gasteiger partial charge in [0.05, 0.1) is 0 Å². The molecule has 1 aromatic heterocycles. The first-order valence-electron chi connectivity index (χ1n) is 7.84. The van der Waals surface area contributed by atoms with Gasteiger partial charge in [-0.2, -0.15) is 0 Å². The minimum atomic E-state index is -1.05. The van der Waals surface area contributed by atoms with Gasteiger partial charge in [0, 0.05) is 18.8 Å². The number of aliphatic hydroxyl groups is 1. The average Bonchev–Trinajstić information content (AvgIpc) is 2.58. The first kappa shape index (κ1) is 15.4. The zero-order valence-corrected chi connectivity index (χ0v) is 13.5. The molecule has 0 saturated heterocycles. The standard InChI is InChI=1S/C21H21NO/c1-16-8-10-20(11-9-16)21(23,19-6-4-3-5-7-19)14-18-12-13-22-15-17(18)2/h3-13,15,23H,14H2,1-2H3. The number of hydrogen-bond acceptors (Lipinski definition) is 2. The molecule has 1 atom stereocenters. The molecule has 0 fully saturated rings. The van der Waals surface area contributed by atoms with Gasteiger partial charge in [0.25, 0.3) is 0 Å². The first-order chi connectivity index (χ1) is 11.1. The van der Waals surface area contributed by atoms with Gasteiger partial charge < -0.3 is 5.11 Å². The van der Waals surface area contributed by atoms with Crippen LogP contribution in [-0.4, -0.2) is 10.1 Å². The molecular formula is C21H21NO. The minimum absolute atomic E-state index is 0.522. The van der Waals surface area contributed by atoms with E-state index in [1.54, 1.807) is 6.20 Å². The van der Waals surface area contributed by atoms with Crippen molar-refractivity contribution in [2.24, 2.45) is 0 Å². The van der Waals surface area contributed by atoms with Crippen molar-refractivity contribution in [3.63, 3.8) is 0 Å². The summed E-state index contributed by atoms with van der Waals surface area (Å²) < 4.78 is 0. The Balaban J connectivity index is 2.10. The van der Waals surface area contributed by atoms with E-state index < -0.39 is 5.60 Å². The summed E-state index contributed by atoms with van der Waals surface area (Å²) in [4.78, 5) is 4.15. The van der Waals surface area contributed by atoms with Crippen molar-refractivity contribution in [3.8, 4) is 0 Å². The molecule has 2 heteroatoms. The predicted octanol–water partition coefficient (Wildman–Crippen LogP) is 4.18. The summed E-state index contributed by atoms with van der Waals surface area (Å²) in [5.41, 5.74) is 4.14. The smallest absolute Gasteiger partial charge is 0.119 e. The van der Waals surface area contributed by atoms with E-state index in [2.05, 4.69) is 11.9 Å². The Hall–Kier alpha value is -2.45. The van der Waals surface area contributed by atoms with Gasteiger partial charge in [-0.05, 0) is 42.2 Å². The number of rotatable bonds is 4. The molecule has 2 nitrogen and oxygen atoms in total. The van der Waals surface area contributed by atoms with Crippen LogP contribution in [0.4, 0.5) is 0 Å². The van der Waals surface area contributed by atoms with Crippen molar-refractivity contribution in [2.45, 2.75) is 25.9 Å². The average molecular weight is 303 g/mol. The Morgan fingerprint density at radius 2 is 1.52 bits per heavy atom. The monoisotopic (exact) mass is 303 g/mol. The van der Waals surface area contributed by atoms with Crippen molar-refractivity contribution >= 4 is 0 Å². The summed E-state index contributed by atoms with van der Waals surface area (Å²) in [6.45, 7) is 4.08. The van der Waals surface area contributed by atoms with Gasteiger partial charge in [-0.25, -0.2) is 0 Å². The Morgan fingerprint density at radius 1 is 0.870 bits per heavy atom. The summed E-state index contributed by atoms with van der Waals surface area (Å²) in [6, 6.07) is 20.0. The van der Waals surface area contributed by atoms with Gasteiger partial charge in [-0.3, -0.25) is 4.98 Å². The number of aryl methyl sites for hydroxylation is 2. The second-order valence-corrected chi connectivity index (χ2v) is 6.07. The van der Waals surface area contributed by atoms with Crippen molar-refractivity contribution in [1.29, 1.82) is 0 Å². The van der Waals surface area contributed by atoms with Gasteiger partial charge >= 0.3 is 0 Å². The van der Waals surface area contributed by atoms with E-state index in [0.29, 0.717) is 6.42 Å². The van der Waals surface area contributed by atoms with E-state index in [0.717, 1.165) is 22.3 Å². The Morgan fingerprint density at radius 3 is 2.17 bits per heavy atom. The first-order valence-corrected chi connectivity index (χ1v) is 7.84. The van der Waals surface area contributed by atoms with Crippen LogP contribution >= 0.6 is 0 Å². The third-order valence-electron chi connectivity index (χ3n) is 4.36. The lowest BCUT2D eigenvalue weighted by Crippen LogP contribution is -2.30. The van der Waals surface area contributed by atoms with Gasteiger partial charge in [0.2, 0.25) is 0 Å². The number of benzene rings is 2. The fourth-order valence-electron chi connectivity index (χ4n) is 2.89. The lowest BCUT2D eigenvalue weighted by Gasteiger charge is -2.30. The third-order valence-corrected chi connectivity index (χ3v) is 4.36. The predicted molar refractivity (Wildman–Crippen MR) is 93.3 cm³/mol. The maximum absolute atomic E-state index is 11.6. The molecule has 3 rings (SSSR count). The second-order valence-electron chi connectivity index (χ2n) is 6.07. The third kappa shape index (κ3) is 3.17. The van der Waals surface area contributed by atoms with Crippen LogP contribution in [0, 0.1) is 13.8 Å². The SMILES string of the molecule is Cc1ccc(C(O)(Cc2ccncc2C)c2ccccc2)cc1. The molecule has 0 aliphatic heterocycles. The number of nitrogens with zero attached hydrogens (tertiary/aromatic N) is 1. The number of aromatic nitrogens is 1. The molecule has 0 aliphatic carbocycles. The molecule has 0 aliphatic rings. The van der Waals surface area contributed by atoms with Gasteiger partial charge in [0.1, 0.15) is 5.60 Å². The molecular weight excluding hydrogens is 282 g/mol. The molecule has 0 bridgehead atoms. The summed E-state index contributed by atoms with van der Waals surface area (Å²) in [7, 11) is 0. The largest absolute Gasteiger partial charge is 0.380 e. The highest BCUT2D eigenvalue weighted by Gasteiger charge is 2.32.